The first kappa shape index (κ1) is 15.6. The molecule has 0 radical (unpaired) electrons. The minimum Gasteiger partial charge on any atom is -0.311 e. The van der Waals surface area contributed by atoms with Gasteiger partial charge in [-0.15, -0.1) is 11.8 Å². The van der Waals surface area contributed by atoms with Crippen LogP contribution in [-0.2, 0) is 24.9 Å². The van der Waals surface area contributed by atoms with Gasteiger partial charge < -0.3 is 5.32 Å². The Labute approximate surface area is 120 Å². The van der Waals surface area contributed by atoms with Crippen LogP contribution in [-0.4, -0.2) is 21.3 Å². The van der Waals surface area contributed by atoms with E-state index in [1.165, 1.54) is 0 Å². The number of hydrogen-bond donors (Lipinski definition) is 1. The van der Waals surface area contributed by atoms with Crippen LogP contribution in [0.5, 0.6) is 0 Å². The third kappa shape index (κ3) is 3.85. The molecule has 0 atom stereocenters. The number of thioether (sulfide) groups is 1. The van der Waals surface area contributed by atoms with E-state index in [0.717, 1.165) is 0 Å². The minimum absolute atomic E-state index is 0.0318. The van der Waals surface area contributed by atoms with Crippen molar-refractivity contribution in [3.63, 3.8) is 0 Å². The molecule has 2 rings (SSSR count). The molecule has 0 saturated heterocycles. The third-order valence-corrected chi connectivity index (χ3v) is 4.15. The molecule has 112 valence electrons. The molecule has 20 heavy (non-hydrogen) atoms. The monoisotopic (exact) mass is 305 g/mol. The smallest absolute Gasteiger partial charge is 0.311 e. The maximum absolute atomic E-state index is 13.1. The van der Waals surface area contributed by atoms with Gasteiger partial charge in [-0.05, 0) is 13.0 Å². The average Bonchev–Trinajstić information content (AvgIpc) is 2.33. The topological polar surface area (TPSA) is 37.8 Å². The highest BCUT2D eigenvalue weighted by atomic mass is 32.2. The summed E-state index contributed by atoms with van der Waals surface area (Å²) in [6.45, 7) is 6.97. The summed E-state index contributed by atoms with van der Waals surface area (Å²) >= 11 is 1.54. The third-order valence-electron chi connectivity index (χ3n) is 2.89. The van der Waals surface area contributed by atoms with E-state index >= 15 is 0 Å². The van der Waals surface area contributed by atoms with E-state index in [9.17, 15) is 13.2 Å². The molecule has 1 aliphatic heterocycles. The lowest BCUT2D eigenvalue weighted by atomic mass is 10.0. The van der Waals surface area contributed by atoms with Gasteiger partial charge in [0.1, 0.15) is 5.82 Å². The number of rotatable bonds is 2. The number of hydrogen-bond acceptors (Lipinski definition) is 4. The molecule has 7 heteroatoms. The zero-order valence-electron chi connectivity index (χ0n) is 11.8. The molecule has 0 bridgehead atoms. The van der Waals surface area contributed by atoms with Crippen LogP contribution in [0.1, 0.15) is 43.5 Å². The fourth-order valence-electron chi connectivity index (χ4n) is 1.99. The number of aromatic nitrogens is 2. The molecule has 1 aliphatic rings. The lowest BCUT2D eigenvalue weighted by molar-refractivity contribution is -0.142. The predicted octanol–water partition coefficient (Wildman–Crippen LogP) is 3.17. The van der Waals surface area contributed by atoms with E-state index in [2.05, 4.69) is 15.3 Å². The summed E-state index contributed by atoms with van der Waals surface area (Å²) in [5.74, 6) is 0.652. The van der Waals surface area contributed by atoms with Crippen LogP contribution in [0, 0.1) is 0 Å². The highest BCUT2D eigenvalue weighted by Gasteiger charge is 2.37. The Kier molecular flexibility index (Phi) is 4.30. The van der Waals surface area contributed by atoms with E-state index in [1.54, 1.807) is 11.8 Å². The van der Waals surface area contributed by atoms with Crippen molar-refractivity contribution >= 4 is 11.8 Å². The Morgan fingerprint density at radius 1 is 1.20 bits per heavy atom. The summed E-state index contributed by atoms with van der Waals surface area (Å²) in [5.41, 5.74) is -0.0163. The molecule has 0 aromatic carbocycles. The number of nitrogens with one attached hydrogen (secondary N) is 1. The van der Waals surface area contributed by atoms with Gasteiger partial charge in [0, 0.05) is 16.9 Å². The van der Waals surface area contributed by atoms with Crippen molar-refractivity contribution in [2.75, 3.05) is 6.54 Å². The summed E-state index contributed by atoms with van der Waals surface area (Å²) < 4.78 is 39.3. The quantitative estimate of drug-likeness (QED) is 0.911. The molecule has 0 fully saturated rings. The van der Waals surface area contributed by atoms with Crippen molar-refractivity contribution in [1.29, 1.82) is 0 Å². The van der Waals surface area contributed by atoms with Crippen LogP contribution < -0.4 is 5.32 Å². The first-order valence-corrected chi connectivity index (χ1v) is 7.46. The predicted molar refractivity (Wildman–Crippen MR) is 73.5 cm³/mol. The zero-order valence-corrected chi connectivity index (χ0v) is 12.6. The van der Waals surface area contributed by atoms with Gasteiger partial charge in [-0.2, -0.15) is 13.2 Å². The number of alkyl halides is 3. The van der Waals surface area contributed by atoms with Gasteiger partial charge >= 0.3 is 6.18 Å². The van der Waals surface area contributed by atoms with Gasteiger partial charge in [-0.3, -0.25) is 0 Å². The van der Waals surface area contributed by atoms with Crippen LogP contribution in [0.15, 0.2) is 0 Å². The summed E-state index contributed by atoms with van der Waals surface area (Å²) in [5, 5.41) is 3.05. The Morgan fingerprint density at radius 3 is 2.50 bits per heavy atom. The first-order valence-electron chi connectivity index (χ1n) is 6.47. The molecule has 0 amide bonds. The normalized spacial score (nSPS) is 16.1. The number of fused-ring (bicyclic) bond motifs is 1. The van der Waals surface area contributed by atoms with E-state index in [-0.39, 0.29) is 16.1 Å². The van der Waals surface area contributed by atoms with E-state index < -0.39 is 11.9 Å². The van der Waals surface area contributed by atoms with E-state index in [0.29, 0.717) is 31.0 Å². The summed E-state index contributed by atoms with van der Waals surface area (Å²) in [6.07, 6.45) is -4.08. The highest BCUT2D eigenvalue weighted by molar-refractivity contribution is 7.99. The fraction of sp³-hybridized carbons (Fsp3) is 0.692. The molecule has 0 saturated carbocycles. The first-order chi connectivity index (χ1) is 9.17. The van der Waals surface area contributed by atoms with Gasteiger partial charge in [0.05, 0.1) is 11.4 Å². The second-order valence-electron chi connectivity index (χ2n) is 5.74. The average molecular weight is 305 g/mol. The van der Waals surface area contributed by atoms with Crippen molar-refractivity contribution in [1.82, 2.24) is 15.3 Å². The van der Waals surface area contributed by atoms with Crippen molar-refractivity contribution in [2.24, 2.45) is 0 Å². The Bertz CT molecular complexity index is 495. The van der Waals surface area contributed by atoms with Crippen LogP contribution in [0.4, 0.5) is 13.2 Å². The van der Waals surface area contributed by atoms with Gasteiger partial charge in [0.25, 0.3) is 0 Å². The molecule has 0 spiro atoms. The summed E-state index contributed by atoms with van der Waals surface area (Å²) in [7, 11) is 0. The molecule has 0 unspecified atom stereocenters. The van der Waals surface area contributed by atoms with Gasteiger partial charge in [-0.1, -0.05) is 20.8 Å². The second-order valence-corrected chi connectivity index (χ2v) is 7.54. The Balaban J connectivity index is 2.35. The van der Waals surface area contributed by atoms with Crippen molar-refractivity contribution < 1.29 is 13.2 Å². The standard InChI is InChI=1S/C13H18F3N3S/c1-12(2,3)20-7-10-18-9-6-17-5-4-8(9)11(19-10)13(14,15)16/h17H,4-7H2,1-3H3. The second kappa shape index (κ2) is 5.52. The highest BCUT2D eigenvalue weighted by Crippen LogP contribution is 2.34. The zero-order chi connectivity index (χ0) is 15.0. The maximum atomic E-state index is 13.1. The molecule has 3 nitrogen and oxygen atoms in total. The molecular weight excluding hydrogens is 287 g/mol. The maximum Gasteiger partial charge on any atom is 0.433 e. The Hall–Kier alpha value is -0.820. The summed E-state index contributed by atoms with van der Waals surface area (Å²) in [4.78, 5) is 8.07. The lowest BCUT2D eigenvalue weighted by Gasteiger charge is -2.22. The van der Waals surface area contributed by atoms with Crippen molar-refractivity contribution in [2.45, 2.75) is 50.4 Å². The number of nitrogens with zero attached hydrogens (tertiary/aromatic N) is 2. The molecule has 1 aromatic rings. The van der Waals surface area contributed by atoms with E-state index in [4.69, 9.17) is 0 Å². The van der Waals surface area contributed by atoms with Crippen LogP contribution in [0.3, 0.4) is 0 Å². The molecule has 1 N–H and O–H groups in total. The molecule has 1 aromatic heterocycles. The molecule has 0 aliphatic carbocycles. The largest absolute Gasteiger partial charge is 0.433 e. The van der Waals surface area contributed by atoms with Gasteiger partial charge in [-0.25, -0.2) is 9.97 Å². The van der Waals surface area contributed by atoms with Crippen LogP contribution in [0.25, 0.3) is 0 Å². The molecule has 2 heterocycles. The van der Waals surface area contributed by atoms with Crippen LogP contribution in [0.2, 0.25) is 0 Å². The lowest BCUT2D eigenvalue weighted by Crippen LogP contribution is -2.29. The van der Waals surface area contributed by atoms with Crippen molar-refractivity contribution in [3.05, 3.63) is 22.8 Å². The fourth-order valence-corrected chi connectivity index (χ4v) is 2.68. The minimum atomic E-state index is -4.41. The Morgan fingerprint density at radius 2 is 1.90 bits per heavy atom. The van der Waals surface area contributed by atoms with Gasteiger partial charge in [0.2, 0.25) is 0 Å². The van der Waals surface area contributed by atoms with Gasteiger partial charge in [0.15, 0.2) is 5.69 Å². The SMILES string of the molecule is CC(C)(C)SCc1nc2c(c(C(F)(F)F)n1)CCNC2. The van der Waals surface area contributed by atoms with E-state index in [1.807, 2.05) is 20.8 Å². The summed E-state index contributed by atoms with van der Waals surface area (Å²) in [6, 6.07) is 0. The number of halogens is 3. The molecular formula is C13H18F3N3S. The van der Waals surface area contributed by atoms with Crippen molar-refractivity contribution in [3.8, 4) is 0 Å². The van der Waals surface area contributed by atoms with Crippen LogP contribution >= 0.6 is 11.8 Å².